The van der Waals surface area contributed by atoms with E-state index in [1.54, 1.807) is 14.2 Å². The highest BCUT2D eigenvalue weighted by Gasteiger charge is 2.71. The Morgan fingerprint density at radius 2 is 0.870 bits per heavy atom. The summed E-state index contributed by atoms with van der Waals surface area (Å²) in [6.07, 6.45) is -4.91. The van der Waals surface area contributed by atoms with Crippen molar-refractivity contribution in [3.63, 3.8) is 0 Å². The van der Waals surface area contributed by atoms with Gasteiger partial charge in [0.05, 0.1) is 12.2 Å². The number of rotatable bonds is 10. The maximum atomic E-state index is 14.3. The van der Waals surface area contributed by atoms with Gasteiger partial charge in [-0.05, 0) is 47.2 Å². The number of hydrogen-bond acceptors (Lipinski definition) is 10. The third-order valence-electron chi connectivity index (χ3n) is 12.1. The highest BCUT2D eigenvalue weighted by molar-refractivity contribution is 6.70. The zero-order valence-electron chi connectivity index (χ0n) is 29.3. The molecule has 0 aromatic carbocycles. The van der Waals surface area contributed by atoms with Crippen LogP contribution in [0.4, 0.5) is 0 Å². The second kappa shape index (κ2) is 11.2. The molecule has 256 valence electrons. The lowest BCUT2D eigenvalue weighted by Crippen LogP contribution is -2.65. The molecule has 7 aliphatic rings. The minimum atomic E-state index is -2.80. The predicted octanol–water partition coefficient (Wildman–Crippen LogP) is 4.69. The summed E-state index contributed by atoms with van der Waals surface area (Å²) in [5.74, 6) is -0.833. The van der Waals surface area contributed by atoms with Crippen LogP contribution in [0.1, 0.15) is 69.2 Å². The fourth-order valence-electron chi connectivity index (χ4n) is 9.96. The Labute approximate surface area is 275 Å². The van der Waals surface area contributed by atoms with Gasteiger partial charge in [-0.25, -0.2) is 0 Å². The van der Waals surface area contributed by atoms with E-state index >= 15 is 0 Å². The summed E-state index contributed by atoms with van der Waals surface area (Å²) >= 11 is 0. The Hall–Kier alpha value is -1.07. The fourth-order valence-corrected chi connectivity index (χ4v) is 17.1. The predicted molar refractivity (Wildman–Crippen MR) is 173 cm³/mol. The summed E-state index contributed by atoms with van der Waals surface area (Å²) in [6.45, 7) is 21.2. The molecule has 12 atom stereocenters. The molecule has 10 nitrogen and oxygen atoms in total. The van der Waals surface area contributed by atoms with Gasteiger partial charge in [-0.3, -0.25) is 9.59 Å². The standard InChI is InChI=1S/C34H52O10Si2/c1-13(2)45(37-11,14(3)4)43-29-23-21(25(35)31-33(29)41-31)19-17(9)39-27(23)28-24-22(20(19)18(10)40-28)26(36)32-34(42-32)30(24)44-46(38-12,15(5)6)16(7)8/h13-20,27-34H,1-12H3/t17-,18-,19-,20-,27-,28+,29+,30+,31+,32+,33-,34-/m1/s1. The Bertz CT molecular complexity index is 1250. The van der Waals surface area contributed by atoms with Crippen molar-refractivity contribution < 1.29 is 46.2 Å². The van der Waals surface area contributed by atoms with Crippen LogP contribution in [0.2, 0.25) is 22.2 Å². The minimum Gasteiger partial charge on any atom is -0.397 e. The average Bonchev–Trinajstić information content (AvgIpc) is 3.90. The van der Waals surface area contributed by atoms with E-state index in [1.165, 1.54) is 0 Å². The quantitative estimate of drug-likeness (QED) is 0.239. The molecule has 2 saturated heterocycles. The lowest BCUT2D eigenvalue weighted by atomic mass is 9.60. The number of fused-ring (bicyclic) bond motifs is 4. The molecule has 0 spiro atoms. The van der Waals surface area contributed by atoms with Crippen LogP contribution < -0.4 is 0 Å². The molecule has 4 bridgehead atoms. The van der Waals surface area contributed by atoms with Crippen molar-refractivity contribution in [2.75, 3.05) is 14.2 Å². The highest BCUT2D eigenvalue weighted by atomic mass is 28.4. The first-order valence-corrected chi connectivity index (χ1v) is 21.2. The molecule has 2 fully saturated rings. The topological polar surface area (TPSA) is 115 Å². The number of epoxide rings is 2. The molecule has 0 saturated carbocycles. The van der Waals surface area contributed by atoms with Crippen LogP contribution in [0.5, 0.6) is 0 Å². The number of hydrogen-bond donors (Lipinski definition) is 0. The Morgan fingerprint density at radius 1 is 0.543 bits per heavy atom. The first-order valence-electron chi connectivity index (χ1n) is 17.3. The van der Waals surface area contributed by atoms with Crippen LogP contribution >= 0.6 is 0 Å². The largest absolute Gasteiger partial charge is 0.397 e. The normalized spacial score (nSPS) is 41.3. The third-order valence-corrected chi connectivity index (χ3v) is 21.0. The van der Waals surface area contributed by atoms with Crippen molar-refractivity contribution in [3.05, 3.63) is 22.3 Å². The van der Waals surface area contributed by atoms with E-state index in [9.17, 15) is 9.59 Å². The second-order valence-electron chi connectivity index (χ2n) is 15.6. The summed E-state index contributed by atoms with van der Waals surface area (Å²) in [5.41, 5.74) is 3.66. The molecular formula is C34H52O10Si2. The molecule has 0 N–H and O–H groups in total. The van der Waals surface area contributed by atoms with Gasteiger partial charge in [-0.15, -0.1) is 0 Å². The van der Waals surface area contributed by atoms with E-state index in [0.717, 1.165) is 11.1 Å². The first-order chi connectivity index (χ1) is 21.7. The molecular weight excluding hydrogens is 625 g/mol. The van der Waals surface area contributed by atoms with Crippen LogP contribution in [0.3, 0.4) is 0 Å². The molecule has 0 amide bonds. The van der Waals surface area contributed by atoms with E-state index in [1.807, 2.05) is 13.8 Å². The summed E-state index contributed by atoms with van der Waals surface area (Å²) in [6, 6.07) is 0. The molecule has 4 aliphatic heterocycles. The minimum absolute atomic E-state index is 0.00675. The van der Waals surface area contributed by atoms with Gasteiger partial charge in [-0.1, -0.05) is 55.4 Å². The van der Waals surface area contributed by atoms with Gasteiger partial charge in [0.15, 0.2) is 11.6 Å². The second-order valence-corrected chi connectivity index (χ2v) is 24.4. The van der Waals surface area contributed by atoms with Crippen LogP contribution in [-0.2, 0) is 46.2 Å². The van der Waals surface area contributed by atoms with Crippen molar-refractivity contribution in [1.82, 2.24) is 0 Å². The summed E-state index contributed by atoms with van der Waals surface area (Å²) in [5, 5.41) is 0. The molecule has 4 heterocycles. The van der Waals surface area contributed by atoms with E-state index in [2.05, 4.69) is 55.4 Å². The van der Waals surface area contributed by atoms with Crippen molar-refractivity contribution >= 4 is 28.7 Å². The number of ketones is 2. The number of carbonyl (C=O) groups is 2. The van der Waals surface area contributed by atoms with Crippen molar-refractivity contribution in [3.8, 4) is 0 Å². The van der Waals surface area contributed by atoms with Gasteiger partial charge < -0.3 is 36.7 Å². The van der Waals surface area contributed by atoms with Crippen molar-refractivity contribution in [2.24, 2.45) is 11.8 Å². The summed E-state index contributed by atoms with van der Waals surface area (Å²) < 4.78 is 53.2. The number of Topliss-reactive ketones (excluding diaryl/α,β-unsaturated/α-hetero) is 2. The van der Waals surface area contributed by atoms with Gasteiger partial charge in [0, 0.05) is 37.2 Å². The molecule has 0 unspecified atom stereocenters. The van der Waals surface area contributed by atoms with E-state index in [4.69, 9.17) is 36.7 Å². The fraction of sp³-hybridized carbons (Fsp3) is 0.824. The molecule has 7 rings (SSSR count). The molecule has 46 heavy (non-hydrogen) atoms. The molecule has 3 aliphatic carbocycles. The van der Waals surface area contributed by atoms with Gasteiger partial charge in [0.2, 0.25) is 0 Å². The smallest absolute Gasteiger partial charge is 0.343 e. The van der Waals surface area contributed by atoms with Crippen LogP contribution in [0.15, 0.2) is 22.3 Å². The van der Waals surface area contributed by atoms with Gasteiger partial charge in [-0.2, -0.15) is 0 Å². The number of carbonyl (C=O) groups excluding carboxylic acids is 2. The monoisotopic (exact) mass is 676 g/mol. The number of ether oxygens (including phenoxy) is 4. The highest BCUT2D eigenvalue weighted by Crippen LogP contribution is 2.60. The van der Waals surface area contributed by atoms with Gasteiger partial charge in [0.1, 0.15) is 48.8 Å². The summed E-state index contributed by atoms with van der Waals surface area (Å²) in [7, 11) is -2.12. The van der Waals surface area contributed by atoms with Crippen LogP contribution in [0, 0.1) is 11.8 Å². The zero-order valence-corrected chi connectivity index (χ0v) is 31.3. The van der Waals surface area contributed by atoms with Crippen LogP contribution in [0.25, 0.3) is 0 Å². The first kappa shape index (κ1) is 33.4. The molecule has 0 aromatic rings. The van der Waals surface area contributed by atoms with Gasteiger partial charge >= 0.3 is 17.1 Å². The van der Waals surface area contributed by atoms with Crippen molar-refractivity contribution in [1.29, 1.82) is 0 Å². The molecule has 0 radical (unpaired) electrons. The molecule has 0 aromatic heterocycles. The van der Waals surface area contributed by atoms with Gasteiger partial charge in [0.25, 0.3) is 0 Å². The molecule has 12 heteroatoms. The lowest BCUT2D eigenvalue weighted by molar-refractivity contribution is -0.177. The zero-order chi connectivity index (χ0) is 33.4. The van der Waals surface area contributed by atoms with E-state index in [0.29, 0.717) is 11.1 Å². The maximum Gasteiger partial charge on any atom is 0.343 e. The SMILES string of the molecule is CO[Si](O[C@H]1C2=C(C(=O)[C@@H]3O[C@@H]31)[C@H]1[C@@H]3C4=C([C@H](O[Si](OC)(C(C)C)C(C)C)[C@H]5O[C@H]5C4=O)[C@H](O[C@@H]3C)[C@@H]2O[C@@H]1C)(C(C)C)C(C)C. The van der Waals surface area contributed by atoms with Crippen LogP contribution in [-0.4, -0.2) is 104 Å². The summed E-state index contributed by atoms with van der Waals surface area (Å²) in [4.78, 5) is 28.5. The van der Waals surface area contributed by atoms with E-state index in [-0.39, 0.29) is 45.9 Å². The lowest BCUT2D eigenvalue weighted by Gasteiger charge is -2.56. The van der Waals surface area contributed by atoms with E-state index < -0.39 is 77.8 Å². The third kappa shape index (κ3) is 4.40. The maximum absolute atomic E-state index is 14.3. The average molecular weight is 677 g/mol. The Kier molecular flexibility index (Phi) is 8.16. The Balaban J connectivity index is 1.40. The van der Waals surface area contributed by atoms with Crippen molar-refractivity contribution in [2.45, 2.75) is 152 Å². The Morgan fingerprint density at radius 3 is 1.15 bits per heavy atom.